The number of nitrogens with one attached hydrogen (secondary N) is 1. The van der Waals surface area contributed by atoms with E-state index in [2.05, 4.69) is 5.32 Å². The first-order valence-corrected chi connectivity index (χ1v) is 6.47. The Kier molecular flexibility index (Phi) is 4.82. The Balaban J connectivity index is 2.00. The molecule has 0 amide bonds. The number of aliphatic hydroxyl groups excluding tert-OH is 1. The van der Waals surface area contributed by atoms with Gasteiger partial charge in [0.15, 0.2) is 11.6 Å². The van der Waals surface area contributed by atoms with Gasteiger partial charge in [-0.1, -0.05) is 36.4 Å². The fraction of sp³-hybridized carbons (Fsp3) is 0.250. The number of hydrogen-bond donors (Lipinski definition) is 2. The van der Waals surface area contributed by atoms with Crippen molar-refractivity contribution in [1.82, 2.24) is 5.32 Å². The highest BCUT2D eigenvalue weighted by Crippen LogP contribution is 2.19. The Labute approximate surface area is 117 Å². The lowest BCUT2D eigenvalue weighted by Gasteiger charge is -2.15. The third kappa shape index (κ3) is 3.40. The van der Waals surface area contributed by atoms with Gasteiger partial charge in [-0.15, -0.1) is 0 Å². The first-order valence-electron chi connectivity index (χ1n) is 6.47. The maximum absolute atomic E-state index is 13.6. The zero-order valence-electron chi connectivity index (χ0n) is 11.2. The molecule has 2 aromatic carbocycles. The molecule has 2 rings (SSSR count). The van der Waals surface area contributed by atoms with Gasteiger partial charge in [-0.05, 0) is 24.1 Å². The van der Waals surface area contributed by atoms with Gasteiger partial charge in [0.05, 0.1) is 6.61 Å². The third-order valence-electron chi connectivity index (χ3n) is 3.27. The standard InChI is InChI=1S/C16H17F2NO/c1-11(14-3-2-4-15(17)16(14)18)19-9-12-5-7-13(10-20)8-6-12/h2-8,11,19-20H,9-10H2,1H3. The molecule has 0 saturated carbocycles. The zero-order chi connectivity index (χ0) is 14.5. The van der Waals surface area contributed by atoms with E-state index in [1.165, 1.54) is 6.07 Å². The average molecular weight is 277 g/mol. The summed E-state index contributed by atoms with van der Waals surface area (Å²) in [6, 6.07) is 11.4. The topological polar surface area (TPSA) is 32.3 Å². The van der Waals surface area contributed by atoms with Crippen molar-refractivity contribution in [2.45, 2.75) is 26.1 Å². The SMILES string of the molecule is CC(NCc1ccc(CO)cc1)c1cccc(F)c1F. The number of hydrogen-bond acceptors (Lipinski definition) is 2. The van der Waals surface area contributed by atoms with Gasteiger partial charge in [0.2, 0.25) is 0 Å². The maximum atomic E-state index is 13.6. The zero-order valence-corrected chi connectivity index (χ0v) is 11.2. The van der Waals surface area contributed by atoms with E-state index in [1.807, 2.05) is 24.3 Å². The largest absolute Gasteiger partial charge is 0.392 e. The predicted octanol–water partition coefficient (Wildman–Crippen LogP) is 3.31. The lowest BCUT2D eigenvalue weighted by Crippen LogP contribution is -2.19. The molecule has 2 aromatic rings. The van der Waals surface area contributed by atoms with Gasteiger partial charge in [-0.2, -0.15) is 0 Å². The van der Waals surface area contributed by atoms with E-state index in [9.17, 15) is 8.78 Å². The second kappa shape index (κ2) is 6.59. The lowest BCUT2D eigenvalue weighted by atomic mass is 10.1. The monoisotopic (exact) mass is 277 g/mol. The van der Waals surface area contributed by atoms with E-state index in [0.717, 1.165) is 17.2 Å². The Bertz CT molecular complexity index is 569. The molecule has 0 aliphatic rings. The number of benzene rings is 2. The minimum atomic E-state index is -0.830. The van der Waals surface area contributed by atoms with Gasteiger partial charge in [-0.3, -0.25) is 0 Å². The summed E-state index contributed by atoms with van der Waals surface area (Å²) in [5.74, 6) is -1.63. The summed E-state index contributed by atoms with van der Waals surface area (Å²) in [6.07, 6.45) is 0. The summed E-state index contributed by atoms with van der Waals surface area (Å²) in [5, 5.41) is 12.1. The summed E-state index contributed by atoms with van der Waals surface area (Å²) < 4.78 is 26.8. The van der Waals surface area contributed by atoms with Crippen LogP contribution in [0.25, 0.3) is 0 Å². The van der Waals surface area contributed by atoms with Crippen LogP contribution in [-0.2, 0) is 13.2 Å². The molecule has 0 heterocycles. The van der Waals surface area contributed by atoms with Crippen LogP contribution in [0.1, 0.15) is 29.7 Å². The van der Waals surface area contributed by atoms with Crippen LogP contribution in [0, 0.1) is 11.6 Å². The summed E-state index contributed by atoms with van der Waals surface area (Å²) in [7, 11) is 0. The average Bonchev–Trinajstić information content (AvgIpc) is 2.48. The van der Waals surface area contributed by atoms with Gasteiger partial charge in [0.25, 0.3) is 0 Å². The second-order valence-electron chi connectivity index (χ2n) is 4.72. The Morgan fingerprint density at radius 2 is 1.70 bits per heavy atom. The molecule has 0 aliphatic heterocycles. The molecule has 1 atom stereocenters. The molecular formula is C16H17F2NO. The highest BCUT2D eigenvalue weighted by Gasteiger charge is 2.13. The van der Waals surface area contributed by atoms with E-state index in [0.29, 0.717) is 12.1 Å². The van der Waals surface area contributed by atoms with E-state index >= 15 is 0 Å². The Morgan fingerprint density at radius 3 is 2.35 bits per heavy atom. The molecule has 0 aromatic heterocycles. The molecule has 0 saturated heterocycles. The highest BCUT2D eigenvalue weighted by molar-refractivity contribution is 5.24. The van der Waals surface area contributed by atoms with E-state index in [4.69, 9.17) is 5.11 Å². The van der Waals surface area contributed by atoms with Crippen molar-refractivity contribution in [3.05, 3.63) is 70.8 Å². The van der Waals surface area contributed by atoms with Gasteiger partial charge in [0.1, 0.15) is 0 Å². The van der Waals surface area contributed by atoms with E-state index in [-0.39, 0.29) is 12.6 Å². The van der Waals surface area contributed by atoms with Crippen LogP contribution in [0.3, 0.4) is 0 Å². The fourth-order valence-corrected chi connectivity index (χ4v) is 2.00. The Hall–Kier alpha value is -1.78. The molecule has 0 bridgehead atoms. The van der Waals surface area contributed by atoms with E-state index < -0.39 is 11.6 Å². The number of rotatable bonds is 5. The smallest absolute Gasteiger partial charge is 0.163 e. The summed E-state index contributed by atoms with van der Waals surface area (Å²) in [5.41, 5.74) is 2.18. The first kappa shape index (κ1) is 14.6. The van der Waals surface area contributed by atoms with Gasteiger partial charge < -0.3 is 10.4 Å². The molecule has 20 heavy (non-hydrogen) atoms. The van der Waals surface area contributed by atoms with Crippen molar-refractivity contribution >= 4 is 0 Å². The van der Waals surface area contributed by atoms with Crippen molar-refractivity contribution < 1.29 is 13.9 Å². The predicted molar refractivity (Wildman–Crippen MR) is 74.0 cm³/mol. The molecule has 4 heteroatoms. The summed E-state index contributed by atoms with van der Waals surface area (Å²) in [6.45, 7) is 2.35. The molecule has 0 radical (unpaired) electrons. The van der Waals surface area contributed by atoms with Crippen molar-refractivity contribution in [2.24, 2.45) is 0 Å². The minimum Gasteiger partial charge on any atom is -0.392 e. The highest BCUT2D eigenvalue weighted by atomic mass is 19.2. The quantitative estimate of drug-likeness (QED) is 0.879. The van der Waals surface area contributed by atoms with Crippen molar-refractivity contribution in [3.63, 3.8) is 0 Å². The first-order chi connectivity index (χ1) is 9.61. The summed E-state index contributed by atoms with van der Waals surface area (Å²) >= 11 is 0. The van der Waals surface area contributed by atoms with Crippen LogP contribution in [-0.4, -0.2) is 5.11 Å². The second-order valence-corrected chi connectivity index (χ2v) is 4.72. The fourth-order valence-electron chi connectivity index (χ4n) is 2.00. The maximum Gasteiger partial charge on any atom is 0.163 e. The lowest BCUT2D eigenvalue weighted by molar-refractivity contribution is 0.282. The Morgan fingerprint density at radius 1 is 1.05 bits per heavy atom. The molecular weight excluding hydrogens is 260 g/mol. The number of halogens is 2. The van der Waals surface area contributed by atoms with Gasteiger partial charge in [-0.25, -0.2) is 8.78 Å². The van der Waals surface area contributed by atoms with Crippen LogP contribution in [0.4, 0.5) is 8.78 Å². The molecule has 0 aliphatic carbocycles. The summed E-state index contributed by atoms with van der Waals surface area (Å²) in [4.78, 5) is 0. The van der Waals surface area contributed by atoms with Crippen LogP contribution in [0.15, 0.2) is 42.5 Å². The normalized spacial score (nSPS) is 12.4. The molecule has 2 N–H and O–H groups in total. The van der Waals surface area contributed by atoms with Crippen LogP contribution in [0.5, 0.6) is 0 Å². The minimum absolute atomic E-state index is 0.0125. The van der Waals surface area contributed by atoms with Crippen LogP contribution < -0.4 is 5.32 Å². The number of aliphatic hydroxyl groups is 1. The molecule has 2 nitrogen and oxygen atoms in total. The molecule has 0 spiro atoms. The molecule has 0 fully saturated rings. The van der Waals surface area contributed by atoms with Crippen molar-refractivity contribution in [2.75, 3.05) is 0 Å². The van der Waals surface area contributed by atoms with Gasteiger partial charge in [0, 0.05) is 18.2 Å². The third-order valence-corrected chi connectivity index (χ3v) is 3.27. The molecule has 106 valence electrons. The van der Waals surface area contributed by atoms with Crippen molar-refractivity contribution in [1.29, 1.82) is 0 Å². The molecule has 1 unspecified atom stereocenters. The van der Waals surface area contributed by atoms with Crippen LogP contribution >= 0.6 is 0 Å². The van der Waals surface area contributed by atoms with Crippen LogP contribution in [0.2, 0.25) is 0 Å². The van der Waals surface area contributed by atoms with Crippen molar-refractivity contribution in [3.8, 4) is 0 Å². The van der Waals surface area contributed by atoms with Gasteiger partial charge >= 0.3 is 0 Å². The van der Waals surface area contributed by atoms with E-state index in [1.54, 1.807) is 13.0 Å².